The first-order valence-corrected chi connectivity index (χ1v) is 7.27. The van der Waals surface area contributed by atoms with Crippen LogP contribution < -0.4 is 4.74 Å². The standard InChI is InChI=1S/C16H27NO/c1-3-5-12-17(13-6-4-2)14-15-18-16-10-8-7-9-11-16/h7-11H,3-6,12-15H2,1-2H3. The minimum atomic E-state index is 0.789. The Bertz CT molecular complexity index is 278. The van der Waals surface area contributed by atoms with E-state index in [1.54, 1.807) is 0 Å². The fourth-order valence-electron chi connectivity index (χ4n) is 1.91. The van der Waals surface area contributed by atoms with Crippen molar-refractivity contribution < 1.29 is 4.74 Å². The van der Waals surface area contributed by atoms with Gasteiger partial charge in [0.2, 0.25) is 0 Å². The molecule has 0 aliphatic heterocycles. The zero-order chi connectivity index (χ0) is 13.1. The number of hydrogen-bond donors (Lipinski definition) is 0. The average Bonchev–Trinajstić information content (AvgIpc) is 2.42. The molecule has 0 aliphatic rings. The molecule has 1 rings (SSSR count). The molecule has 0 N–H and O–H groups in total. The summed E-state index contributed by atoms with van der Waals surface area (Å²) in [6.07, 6.45) is 5.11. The normalized spacial score (nSPS) is 10.8. The maximum atomic E-state index is 5.75. The Labute approximate surface area is 112 Å². The molecule has 0 bridgehead atoms. The van der Waals surface area contributed by atoms with Gasteiger partial charge in [0.15, 0.2) is 0 Å². The van der Waals surface area contributed by atoms with E-state index in [4.69, 9.17) is 4.74 Å². The lowest BCUT2D eigenvalue weighted by atomic mass is 10.2. The molecule has 0 fully saturated rings. The van der Waals surface area contributed by atoms with Gasteiger partial charge in [-0.1, -0.05) is 44.9 Å². The van der Waals surface area contributed by atoms with Gasteiger partial charge in [0, 0.05) is 6.54 Å². The van der Waals surface area contributed by atoms with Crippen molar-refractivity contribution in [3.8, 4) is 5.75 Å². The number of benzene rings is 1. The lowest BCUT2D eigenvalue weighted by Gasteiger charge is -2.21. The minimum absolute atomic E-state index is 0.789. The smallest absolute Gasteiger partial charge is 0.119 e. The van der Waals surface area contributed by atoms with Gasteiger partial charge in [-0.25, -0.2) is 0 Å². The largest absolute Gasteiger partial charge is 0.492 e. The van der Waals surface area contributed by atoms with E-state index < -0.39 is 0 Å². The van der Waals surface area contributed by atoms with Crippen LogP contribution in [0.2, 0.25) is 0 Å². The first kappa shape index (κ1) is 15.0. The third-order valence-electron chi connectivity index (χ3n) is 3.08. The van der Waals surface area contributed by atoms with Crippen LogP contribution in [-0.2, 0) is 0 Å². The van der Waals surface area contributed by atoms with E-state index >= 15 is 0 Å². The van der Waals surface area contributed by atoms with Gasteiger partial charge in [-0.2, -0.15) is 0 Å². The SMILES string of the molecule is CCCCN(CCCC)CCOc1ccccc1. The van der Waals surface area contributed by atoms with Gasteiger partial charge < -0.3 is 4.74 Å². The molecule has 102 valence electrons. The maximum absolute atomic E-state index is 5.75. The molecular formula is C16H27NO. The molecule has 0 aromatic heterocycles. The first-order chi connectivity index (χ1) is 8.86. The van der Waals surface area contributed by atoms with E-state index in [9.17, 15) is 0 Å². The topological polar surface area (TPSA) is 12.5 Å². The summed E-state index contributed by atoms with van der Waals surface area (Å²) < 4.78 is 5.75. The lowest BCUT2D eigenvalue weighted by Crippen LogP contribution is -2.30. The van der Waals surface area contributed by atoms with E-state index in [1.807, 2.05) is 30.3 Å². The summed E-state index contributed by atoms with van der Waals surface area (Å²) in [4.78, 5) is 2.52. The molecule has 0 radical (unpaired) electrons. The van der Waals surface area contributed by atoms with Gasteiger partial charge in [0.1, 0.15) is 12.4 Å². The van der Waals surface area contributed by atoms with Crippen LogP contribution in [0.25, 0.3) is 0 Å². The molecule has 0 spiro atoms. The Morgan fingerprint density at radius 3 is 2.06 bits per heavy atom. The number of para-hydroxylation sites is 1. The number of ether oxygens (including phenoxy) is 1. The zero-order valence-corrected chi connectivity index (χ0v) is 11.9. The molecule has 0 heterocycles. The second kappa shape index (κ2) is 9.95. The fraction of sp³-hybridized carbons (Fsp3) is 0.625. The zero-order valence-electron chi connectivity index (χ0n) is 11.9. The van der Waals surface area contributed by atoms with Crippen LogP contribution in [0.3, 0.4) is 0 Å². The molecule has 0 atom stereocenters. The third-order valence-corrected chi connectivity index (χ3v) is 3.08. The van der Waals surface area contributed by atoms with Crippen LogP contribution in [0.15, 0.2) is 30.3 Å². The Hall–Kier alpha value is -1.02. The van der Waals surface area contributed by atoms with Crippen LogP contribution in [-0.4, -0.2) is 31.1 Å². The summed E-state index contributed by atoms with van der Waals surface area (Å²) in [5.74, 6) is 0.975. The molecule has 1 aromatic rings. The van der Waals surface area contributed by atoms with Crippen molar-refractivity contribution in [3.05, 3.63) is 30.3 Å². The van der Waals surface area contributed by atoms with Gasteiger partial charge in [0.25, 0.3) is 0 Å². The Kier molecular flexibility index (Phi) is 8.32. The van der Waals surface area contributed by atoms with E-state index in [-0.39, 0.29) is 0 Å². The Morgan fingerprint density at radius 1 is 0.889 bits per heavy atom. The van der Waals surface area contributed by atoms with Crippen LogP contribution in [0.1, 0.15) is 39.5 Å². The Balaban J connectivity index is 2.23. The summed E-state index contributed by atoms with van der Waals surface area (Å²) in [5.41, 5.74) is 0. The molecule has 0 saturated carbocycles. The Morgan fingerprint density at radius 2 is 1.50 bits per heavy atom. The lowest BCUT2D eigenvalue weighted by molar-refractivity contribution is 0.204. The molecule has 2 heteroatoms. The van der Waals surface area contributed by atoms with E-state index in [1.165, 1.54) is 38.8 Å². The molecule has 18 heavy (non-hydrogen) atoms. The van der Waals surface area contributed by atoms with Crippen molar-refractivity contribution in [2.24, 2.45) is 0 Å². The molecule has 2 nitrogen and oxygen atoms in total. The second-order valence-corrected chi connectivity index (χ2v) is 4.71. The van der Waals surface area contributed by atoms with Crippen molar-refractivity contribution in [3.63, 3.8) is 0 Å². The van der Waals surface area contributed by atoms with Gasteiger partial charge in [-0.15, -0.1) is 0 Å². The summed E-state index contributed by atoms with van der Waals surface area (Å²) in [6.45, 7) is 8.73. The number of hydrogen-bond acceptors (Lipinski definition) is 2. The molecule has 1 aromatic carbocycles. The number of nitrogens with zero attached hydrogens (tertiary/aromatic N) is 1. The second-order valence-electron chi connectivity index (χ2n) is 4.71. The fourth-order valence-corrected chi connectivity index (χ4v) is 1.91. The quantitative estimate of drug-likeness (QED) is 0.622. The van der Waals surface area contributed by atoms with Crippen LogP contribution >= 0.6 is 0 Å². The van der Waals surface area contributed by atoms with Crippen molar-refractivity contribution in [1.82, 2.24) is 4.90 Å². The summed E-state index contributed by atoms with van der Waals surface area (Å²) in [5, 5.41) is 0. The summed E-state index contributed by atoms with van der Waals surface area (Å²) in [7, 11) is 0. The predicted molar refractivity (Wildman–Crippen MR) is 78.2 cm³/mol. The van der Waals surface area contributed by atoms with Gasteiger partial charge in [-0.05, 0) is 38.1 Å². The van der Waals surface area contributed by atoms with Gasteiger partial charge in [-0.3, -0.25) is 4.90 Å². The van der Waals surface area contributed by atoms with Gasteiger partial charge in [0.05, 0.1) is 0 Å². The van der Waals surface area contributed by atoms with Gasteiger partial charge >= 0.3 is 0 Å². The molecule has 0 unspecified atom stereocenters. The summed E-state index contributed by atoms with van der Waals surface area (Å²) in [6, 6.07) is 10.1. The molecule has 0 amide bonds. The van der Waals surface area contributed by atoms with Crippen molar-refractivity contribution in [2.75, 3.05) is 26.2 Å². The minimum Gasteiger partial charge on any atom is -0.492 e. The van der Waals surface area contributed by atoms with Crippen molar-refractivity contribution in [2.45, 2.75) is 39.5 Å². The van der Waals surface area contributed by atoms with Crippen LogP contribution in [0, 0.1) is 0 Å². The third kappa shape index (κ3) is 6.65. The number of rotatable bonds is 10. The monoisotopic (exact) mass is 249 g/mol. The molecule has 0 saturated heterocycles. The van der Waals surface area contributed by atoms with E-state index in [2.05, 4.69) is 18.7 Å². The maximum Gasteiger partial charge on any atom is 0.119 e. The van der Waals surface area contributed by atoms with Crippen LogP contribution in [0.4, 0.5) is 0 Å². The van der Waals surface area contributed by atoms with Crippen LogP contribution in [0.5, 0.6) is 5.75 Å². The highest BCUT2D eigenvalue weighted by Gasteiger charge is 2.03. The summed E-state index contributed by atoms with van der Waals surface area (Å²) >= 11 is 0. The highest BCUT2D eigenvalue weighted by atomic mass is 16.5. The van der Waals surface area contributed by atoms with E-state index in [0.29, 0.717) is 0 Å². The van der Waals surface area contributed by atoms with Crippen molar-refractivity contribution in [1.29, 1.82) is 0 Å². The highest BCUT2D eigenvalue weighted by molar-refractivity contribution is 5.20. The predicted octanol–water partition coefficient (Wildman–Crippen LogP) is 3.97. The highest BCUT2D eigenvalue weighted by Crippen LogP contribution is 2.08. The van der Waals surface area contributed by atoms with E-state index in [0.717, 1.165) is 18.9 Å². The number of unbranched alkanes of at least 4 members (excludes halogenated alkanes) is 2. The molecular weight excluding hydrogens is 222 g/mol. The first-order valence-electron chi connectivity index (χ1n) is 7.27. The van der Waals surface area contributed by atoms with Crippen molar-refractivity contribution >= 4 is 0 Å². The molecule has 0 aliphatic carbocycles. The average molecular weight is 249 g/mol.